The molecule has 0 fully saturated rings. The van der Waals surface area contributed by atoms with Crippen molar-refractivity contribution in [2.24, 2.45) is 0 Å². The van der Waals surface area contributed by atoms with Crippen LogP contribution < -0.4 is 10.4 Å². The van der Waals surface area contributed by atoms with Crippen LogP contribution in [0.2, 0.25) is 6.55 Å². The molecule has 2 aromatic carbocycles. The Morgan fingerprint density at radius 2 is 0.783 bits per heavy atom. The fourth-order valence-corrected chi connectivity index (χ4v) is 18.8. The van der Waals surface area contributed by atoms with Gasteiger partial charge in [-0.1, -0.05) is 60.7 Å². The van der Waals surface area contributed by atoms with E-state index >= 15 is 0 Å². The molecular formula is C32H58O10Si4. The lowest BCUT2D eigenvalue weighted by Crippen LogP contribution is -2.75. The molecule has 0 aliphatic carbocycles. The summed E-state index contributed by atoms with van der Waals surface area (Å²) in [7, 11) is -11.3. The van der Waals surface area contributed by atoms with Crippen molar-refractivity contribution in [3.63, 3.8) is 0 Å². The van der Waals surface area contributed by atoms with E-state index < -0.39 is 57.9 Å². The molecule has 0 heterocycles. The van der Waals surface area contributed by atoms with Crippen molar-refractivity contribution in [2.75, 3.05) is 21.3 Å². The number of hydrogen-bond acceptors (Lipinski definition) is 10. The maximum Gasteiger partial charge on any atom is 0.674 e. The highest BCUT2D eigenvalue weighted by Crippen LogP contribution is 2.35. The van der Waals surface area contributed by atoms with Gasteiger partial charge in [0.1, 0.15) is 0 Å². The molecule has 14 heteroatoms. The Bertz CT molecular complexity index is 1200. The van der Waals surface area contributed by atoms with Crippen molar-refractivity contribution >= 4 is 45.8 Å². The van der Waals surface area contributed by atoms with Gasteiger partial charge in [0.2, 0.25) is 0 Å². The molecular weight excluding hydrogens is 657 g/mol. The molecule has 262 valence electrons. The largest absolute Gasteiger partial charge is 0.674 e. The Hall–Kier alpha value is -1.09. The second-order valence-corrected chi connectivity index (χ2v) is 25.7. The predicted molar refractivity (Wildman–Crippen MR) is 189 cm³/mol. The van der Waals surface area contributed by atoms with Crippen LogP contribution >= 0.6 is 0 Å². The van der Waals surface area contributed by atoms with E-state index in [1.54, 1.807) is 7.11 Å². The molecule has 2 rings (SSSR count). The van der Waals surface area contributed by atoms with Crippen molar-refractivity contribution in [3.05, 3.63) is 60.7 Å². The van der Waals surface area contributed by atoms with Crippen molar-refractivity contribution in [1.29, 1.82) is 0 Å². The smallest absolute Gasteiger partial charge is 0.395 e. The van der Waals surface area contributed by atoms with Gasteiger partial charge in [0, 0.05) is 26.5 Å². The molecule has 0 aliphatic rings. The minimum absolute atomic E-state index is 0.671. The molecule has 3 unspecified atom stereocenters. The molecule has 0 radical (unpaired) electrons. The second kappa shape index (κ2) is 15.2. The minimum Gasteiger partial charge on any atom is -0.395 e. The lowest BCUT2D eigenvalue weighted by atomic mass is 10.2. The van der Waals surface area contributed by atoms with Crippen molar-refractivity contribution in [1.82, 2.24) is 0 Å². The summed E-state index contributed by atoms with van der Waals surface area (Å²) in [4.78, 5) is 0. The molecule has 2 aromatic rings. The Morgan fingerprint density at radius 1 is 0.413 bits per heavy atom. The van der Waals surface area contributed by atoms with Crippen LogP contribution in [0.15, 0.2) is 60.7 Å². The summed E-state index contributed by atoms with van der Waals surface area (Å²) in [6, 6.07) is 19.4. The average Bonchev–Trinajstić information content (AvgIpc) is 2.90. The van der Waals surface area contributed by atoms with E-state index in [2.05, 4.69) is 0 Å². The fourth-order valence-electron chi connectivity index (χ4n) is 4.32. The maximum atomic E-state index is 7.24. The van der Waals surface area contributed by atoms with Gasteiger partial charge in [0.05, 0.1) is 22.4 Å². The van der Waals surface area contributed by atoms with Gasteiger partial charge in [0.25, 0.3) is 0 Å². The highest BCUT2D eigenvalue weighted by Gasteiger charge is 2.68. The lowest BCUT2D eigenvalue weighted by Gasteiger charge is -2.46. The number of hydrogen-bond donors (Lipinski definition) is 0. The summed E-state index contributed by atoms with van der Waals surface area (Å²) in [6.07, 6.45) is 0. The summed E-state index contributed by atoms with van der Waals surface area (Å²) in [5, 5.41) is 1.56. The molecule has 0 spiro atoms. The van der Waals surface area contributed by atoms with Crippen LogP contribution in [0.1, 0.15) is 83.1 Å². The van der Waals surface area contributed by atoms with Crippen molar-refractivity contribution in [3.8, 4) is 0 Å². The summed E-state index contributed by atoms with van der Waals surface area (Å²) >= 11 is 0. The Labute approximate surface area is 282 Å². The van der Waals surface area contributed by atoms with Crippen LogP contribution in [-0.4, -0.2) is 79.2 Å². The van der Waals surface area contributed by atoms with Gasteiger partial charge in [-0.2, -0.15) is 0 Å². The molecule has 10 nitrogen and oxygen atoms in total. The van der Waals surface area contributed by atoms with Crippen LogP contribution in [0.3, 0.4) is 0 Å². The molecule has 46 heavy (non-hydrogen) atoms. The third-order valence-corrected chi connectivity index (χ3v) is 20.3. The molecule has 3 atom stereocenters. The fraction of sp³-hybridized carbons (Fsp3) is 0.625. The molecule has 0 amide bonds. The van der Waals surface area contributed by atoms with Gasteiger partial charge in [-0.15, -0.1) is 0 Å². The third-order valence-electron chi connectivity index (χ3n) is 5.89. The maximum absolute atomic E-state index is 7.24. The first-order valence-corrected chi connectivity index (χ1v) is 22.8. The van der Waals surface area contributed by atoms with E-state index in [0.29, 0.717) is 5.19 Å². The molecule has 0 bridgehead atoms. The van der Waals surface area contributed by atoms with Crippen LogP contribution in [-0.2, 0) is 43.3 Å². The summed E-state index contributed by atoms with van der Waals surface area (Å²) in [5.74, 6) is 0. The third kappa shape index (κ3) is 12.4. The SMILES string of the molecule is CO[Si](OC(C)(C)C)(OC(C)(C)C)O[Si](OC)(OC(C)(C)C)O[Si](OC(C)(C)C)(O[Si](C)(OC)c1ccccc1)c1ccccc1. The van der Waals surface area contributed by atoms with E-state index in [4.69, 9.17) is 43.3 Å². The Kier molecular flexibility index (Phi) is 13.6. The van der Waals surface area contributed by atoms with Crippen molar-refractivity contribution in [2.45, 2.75) is 112 Å². The molecule has 0 N–H and O–H groups in total. The zero-order valence-electron chi connectivity index (χ0n) is 30.9. The number of benzene rings is 2. The van der Waals surface area contributed by atoms with Crippen molar-refractivity contribution < 1.29 is 43.3 Å². The molecule has 0 saturated heterocycles. The van der Waals surface area contributed by atoms with Gasteiger partial charge in [0.15, 0.2) is 0 Å². The lowest BCUT2D eigenvalue weighted by molar-refractivity contribution is -0.114. The standard InChI is InChI=1S/C32H58O10Si4/c1-29(2,3)36-44(28-25-21-18-22-26-28,40-43(16,33-13)27-23-19-17-20-24-27)41-46(35-15,39-32(10,11)12)42-45(34-14,37-30(4,5)6)38-31(7,8)9/h17-26H,1-16H3. The number of rotatable bonds is 15. The zero-order chi connectivity index (χ0) is 35.3. The van der Waals surface area contributed by atoms with E-state index in [9.17, 15) is 0 Å². The summed E-state index contributed by atoms with van der Waals surface area (Å²) < 4.78 is 66.7. The first-order valence-electron chi connectivity index (χ1n) is 15.5. The zero-order valence-corrected chi connectivity index (χ0v) is 34.9. The van der Waals surface area contributed by atoms with E-state index in [1.807, 2.05) is 150 Å². The quantitative estimate of drug-likeness (QED) is 0.207. The highest BCUT2D eigenvalue weighted by molar-refractivity contribution is 6.93. The van der Waals surface area contributed by atoms with Crippen LogP contribution in [0.5, 0.6) is 0 Å². The molecule has 0 aliphatic heterocycles. The van der Waals surface area contributed by atoms with Gasteiger partial charge in [-0.05, 0) is 94.8 Å². The monoisotopic (exact) mass is 714 g/mol. The van der Waals surface area contributed by atoms with Crippen LogP contribution in [0.25, 0.3) is 0 Å². The Morgan fingerprint density at radius 3 is 1.13 bits per heavy atom. The highest BCUT2D eigenvalue weighted by atomic mass is 28.5. The van der Waals surface area contributed by atoms with Gasteiger partial charge in [-0.3, -0.25) is 0 Å². The van der Waals surface area contributed by atoms with Gasteiger partial charge >= 0.3 is 35.5 Å². The topological polar surface area (TPSA) is 92.3 Å². The normalized spacial score (nSPS) is 17.7. The minimum atomic E-state index is -4.43. The van der Waals surface area contributed by atoms with Crippen LogP contribution in [0, 0.1) is 0 Å². The predicted octanol–water partition coefficient (Wildman–Crippen LogP) is 5.93. The van der Waals surface area contributed by atoms with Crippen LogP contribution in [0.4, 0.5) is 0 Å². The summed E-state index contributed by atoms with van der Waals surface area (Å²) in [5.41, 5.74) is -3.04. The molecule has 0 saturated carbocycles. The second-order valence-electron chi connectivity index (χ2n) is 15.0. The Balaban J connectivity index is 2.99. The van der Waals surface area contributed by atoms with Gasteiger partial charge < -0.3 is 43.3 Å². The first-order chi connectivity index (χ1) is 20.8. The van der Waals surface area contributed by atoms with Gasteiger partial charge in [-0.25, -0.2) is 0 Å². The molecule has 0 aromatic heterocycles. The van der Waals surface area contributed by atoms with E-state index in [-0.39, 0.29) is 0 Å². The average molecular weight is 715 g/mol. The first kappa shape index (κ1) is 41.1. The summed E-state index contributed by atoms with van der Waals surface area (Å²) in [6.45, 7) is 24.9. The van der Waals surface area contributed by atoms with E-state index in [0.717, 1.165) is 5.19 Å². The van der Waals surface area contributed by atoms with E-state index in [1.165, 1.54) is 14.2 Å².